The number of imide groups is 2. The zero-order valence-electron chi connectivity index (χ0n) is 29.3. The molecule has 2 atom stereocenters. The summed E-state index contributed by atoms with van der Waals surface area (Å²) in [7, 11) is 0. The van der Waals surface area contributed by atoms with Crippen molar-refractivity contribution >= 4 is 51.9 Å². The maximum Gasteiger partial charge on any atom is 0.270 e. The number of aromatic nitrogens is 3. The Bertz CT molecular complexity index is 2210. The molecule has 0 bridgehead atoms. The Morgan fingerprint density at radius 3 is 2.40 bits per heavy atom. The van der Waals surface area contributed by atoms with Gasteiger partial charge in [0.25, 0.3) is 23.3 Å². The quantitative estimate of drug-likeness (QED) is 0.226. The zero-order chi connectivity index (χ0) is 36.8. The number of fused-ring (bicyclic) bond motifs is 2. The summed E-state index contributed by atoms with van der Waals surface area (Å²) in [4.78, 5) is 95.4. The molecule has 3 fully saturated rings. The van der Waals surface area contributed by atoms with Gasteiger partial charge in [0.1, 0.15) is 11.7 Å². The summed E-state index contributed by atoms with van der Waals surface area (Å²) in [5.74, 6) is -2.42. The van der Waals surface area contributed by atoms with Gasteiger partial charge in [-0.2, -0.15) is 0 Å². The van der Waals surface area contributed by atoms with Gasteiger partial charge < -0.3 is 20.1 Å². The number of benzene rings is 1. The molecular formula is C38H39N9O6. The summed E-state index contributed by atoms with van der Waals surface area (Å²) < 4.78 is 0. The van der Waals surface area contributed by atoms with E-state index in [9.17, 15) is 28.8 Å². The van der Waals surface area contributed by atoms with E-state index in [1.165, 1.54) is 0 Å². The first-order valence-corrected chi connectivity index (χ1v) is 18.0. The first-order chi connectivity index (χ1) is 25.6. The second-order valence-corrected chi connectivity index (χ2v) is 14.0. The lowest BCUT2D eigenvalue weighted by Crippen LogP contribution is -2.54. The Kier molecular flexibility index (Phi) is 8.94. The van der Waals surface area contributed by atoms with Crippen LogP contribution in [0.25, 0.3) is 11.0 Å². The number of carbonyl (C=O) groups excluding carboxylic acids is 5. The molecule has 4 aliphatic rings. The van der Waals surface area contributed by atoms with Gasteiger partial charge in [0.2, 0.25) is 11.8 Å². The lowest BCUT2D eigenvalue weighted by Gasteiger charge is -2.36. The zero-order valence-corrected chi connectivity index (χ0v) is 29.3. The van der Waals surface area contributed by atoms with Gasteiger partial charge >= 0.3 is 0 Å². The molecule has 272 valence electrons. The summed E-state index contributed by atoms with van der Waals surface area (Å²) >= 11 is 0. The number of hydrogen-bond acceptors (Lipinski definition) is 11. The molecule has 3 N–H and O–H groups in total. The minimum Gasteiger partial charge on any atom is -0.369 e. The number of carbonyl (C=O) groups is 5. The van der Waals surface area contributed by atoms with Crippen LogP contribution in [0.3, 0.4) is 0 Å². The van der Waals surface area contributed by atoms with Crippen molar-refractivity contribution in [2.75, 3.05) is 49.1 Å². The van der Waals surface area contributed by atoms with E-state index in [0.29, 0.717) is 31.6 Å². The van der Waals surface area contributed by atoms with Gasteiger partial charge in [-0.3, -0.25) is 48.9 Å². The van der Waals surface area contributed by atoms with Crippen LogP contribution in [0.4, 0.5) is 11.4 Å². The number of aryl methyl sites for hydroxylation is 1. The van der Waals surface area contributed by atoms with Crippen LogP contribution in [0.5, 0.6) is 0 Å². The van der Waals surface area contributed by atoms with E-state index in [1.807, 2.05) is 36.2 Å². The average molecular weight is 718 g/mol. The molecule has 8 rings (SSSR count). The Balaban J connectivity index is 0.830. The van der Waals surface area contributed by atoms with Gasteiger partial charge in [-0.25, -0.2) is 4.98 Å². The number of amides is 5. The van der Waals surface area contributed by atoms with E-state index in [0.717, 1.165) is 71.2 Å². The summed E-state index contributed by atoms with van der Waals surface area (Å²) in [6.07, 6.45) is 5.13. The molecule has 4 aliphatic heterocycles. The van der Waals surface area contributed by atoms with Crippen molar-refractivity contribution in [3.63, 3.8) is 0 Å². The van der Waals surface area contributed by atoms with Crippen molar-refractivity contribution in [3.05, 3.63) is 93.2 Å². The number of aromatic amines is 1. The molecular weight excluding hydrogens is 678 g/mol. The molecule has 4 aromatic rings. The average Bonchev–Trinajstić information content (AvgIpc) is 3.73. The molecule has 0 radical (unpaired) electrons. The highest BCUT2D eigenvalue weighted by Crippen LogP contribution is 2.32. The highest BCUT2D eigenvalue weighted by molar-refractivity contribution is 6.23. The maximum absolute atomic E-state index is 13.3. The number of rotatable bonds is 8. The van der Waals surface area contributed by atoms with Crippen molar-refractivity contribution in [3.8, 4) is 0 Å². The van der Waals surface area contributed by atoms with Crippen LogP contribution in [0.2, 0.25) is 0 Å². The number of nitrogens with zero attached hydrogens (tertiary/aromatic N) is 6. The number of hydrogen-bond donors (Lipinski definition) is 3. The third-order valence-electron chi connectivity index (χ3n) is 10.6. The number of pyridine rings is 3. The van der Waals surface area contributed by atoms with Gasteiger partial charge in [-0.05, 0) is 67.3 Å². The van der Waals surface area contributed by atoms with Gasteiger partial charge in [0, 0.05) is 75.7 Å². The van der Waals surface area contributed by atoms with Crippen molar-refractivity contribution in [1.82, 2.24) is 35.4 Å². The van der Waals surface area contributed by atoms with E-state index in [4.69, 9.17) is 0 Å². The number of piperazine rings is 1. The second-order valence-electron chi connectivity index (χ2n) is 14.0. The Labute approximate surface area is 304 Å². The molecule has 0 aliphatic carbocycles. The first-order valence-electron chi connectivity index (χ1n) is 18.0. The smallest absolute Gasteiger partial charge is 0.270 e. The van der Waals surface area contributed by atoms with Crippen LogP contribution in [-0.4, -0.2) is 106 Å². The molecule has 15 nitrogen and oxygen atoms in total. The second kappa shape index (κ2) is 13.9. The third-order valence-corrected chi connectivity index (χ3v) is 10.6. The minimum absolute atomic E-state index is 0.0612. The van der Waals surface area contributed by atoms with Crippen molar-refractivity contribution < 1.29 is 24.0 Å². The van der Waals surface area contributed by atoms with Crippen LogP contribution in [0.15, 0.2) is 59.7 Å². The fourth-order valence-corrected chi connectivity index (χ4v) is 7.67. The highest BCUT2D eigenvalue weighted by Gasteiger charge is 2.45. The van der Waals surface area contributed by atoms with Crippen LogP contribution in [0, 0.1) is 0 Å². The standard InChI is InChI=1S/C38H39N9O6/c1-2-23-16-30-31(42-34(23)49)15-22(18-39-30)20-44-11-13-45(14-12-44)26-4-6-29(40-19-26)35(50)41-24-9-10-46(21-24)25-3-5-27-28(17-25)38(53)47(37(27)52)32-7-8-33(48)43-36(32)51/h3-6,15-19,24,32H,2,7-14,20-21H2,1H3,(H,41,50)(H,42,49)(H,43,48,51)/t24-,32?/m0/s1. The predicted molar refractivity (Wildman–Crippen MR) is 195 cm³/mol. The molecule has 53 heavy (non-hydrogen) atoms. The number of anilines is 2. The largest absolute Gasteiger partial charge is 0.369 e. The van der Waals surface area contributed by atoms with Gasteiger partial charge in [0.05, 0.1) is 34.0 Å². The van der Waals surface area contributed by atoms with E-state index in [1.54, 1.807) is 30.5 Å². The van der Waals surface area contributed by atoms with Crippen molar-refractivity contribution in [1.29, 1.82) is 0 Å². The van der Waals surface area contributed by atoms with E-state index < -0.39 is 29.7 Å². The van der Waals surface area contributed by atoms with Crippen LogP contribution in [0.1, 0.15) is 68.5 Å². The molecule has 0 spiro atoms. The molecule has 1 unspecified atom stereocenters. The minimum atomic E-state index is -1.02. The van der Waals surface area contributed by atoms with Crippen molar-refractivity contribution in [2.24, 2.45) is 0 Å². The first kappa shape index (κ1) is 34.1. The third kappa shape index (κ3) is 6.63. The Morgan fingerprint density at radius 1 is 0.849 bits per heavy atom. The number of piperidine rings is 1. The highest BCUT2D eigenvalue weighted by atomic mass is 16.2. The van der Waals surface area contributed by atoms with Crippen LogP contribution < -0.4 is 26.0 Å². The van der Waals surface area contributed by atoms with Gasteiger partial charge in [0.15, 0.2) is 0 Å². The Morgan fingerprint density at radius 2 is 1.64 bits per heavy atom. The Hall–Kier alpha value is -5.96. The normalized spacial score (nSPS) is 20.7. The molecule has 7 heterocycles. The number of H-pyrrole nitrogens is 1. The lowest BCUT2D eigenvalue weighted by atomic mass is 10.0. The monoisotopic (exact) mass is 717 g/mol. The van der Waals surface area contributed by atoms with Crippen molar-refractivity contribution in [2.45, 2.75) is 51.2 Å². The topological polar surface area (TPSA) is 181 Å². The number of nitrogens with one attached hydrogen (secondary N) is 3. The molecule has 1 aromatic carbocycles. The SMILES string of the molecule is CCc1cc2ncc(CN3CCN(c4ccc(C(=O)N[C@H]5CCN(c6ccc7c(c6)C(=O)N(C6CCC(=O)NC6=O)C7=O)C5)nc4)CC3)cc2[nH]c1=O. The summed E-state index contributed by atoms with van der Waals surface area (Å²) in [6, 6.07) is 11.4. The maximum atomic E-state index is 13.3. The summed E-state index contributed by atoms with van der Waals surface area (Å²) in [5, 5.41) is 5.29. The van der Waals surface area contributed by atoms with E-state index in [2.05, 4.69) is 35.4 Å². The van der Waals surface area contributed by atoms with E-state index in [-0.39, 0.29) is 41.5 Å². The van der Waals surface area contributed by atoms with Gasteiger partial charge in [-0.1, -0.05) is 6.92 Å². The fourth-order valence-electron chi connectivity index (χ4n) is 7.67. The molecule has 15 heteroatoms. The van der Waals surface area contributed by atoms with E-state index >= 15 is 0 Å². The van der Waals surface area contributed by atoms with Crippen LogP contribution >= 0.6 is 0 Å². The predicted octanol–water partition coefficient (Wildman–Crippen LogP) is 1.61. The summed E-state index contributed by atoms with van der Waals surface area (Å²) in [6.45, 7) is 7.14. The van der Waals surface area contributed by atoms with Crippen LogP contribution in [-0.2, 0) is 22.6 Å². The molecule has 0 saturated carbocycles. The molecule has 3 aromatic heterocycles. The van der Waals surface area contributed by atoms with Gasteiger partial charge in [-0.15, -0.1) is 0 Å². The summed E-state index contributed by atoms with van der Waals surface area (Å²) in [5.41, 5.74) is 5.73. The molecule has 5 amide bonds. The fraction of sp³-hybridized carbons (Fsp3) is 0.368. The molecule has 3 saturated heterocycles. The lowest BCUT2D eigenvalue weighted by molar-refractivity contribution is -0.136.